The highest BCUT2D eigenvalue weighted by Gasteiger charge is 2.16. The first-order valence-corrected chi connectivity index (χ1v) is 10.2. The van der Waals surface area contributed by atoms with Gasteiger partial charge >= 0.3 is 0 Å². The molecule has 7 nitrogen and oxygen atoms in total. The largest absolute Gasteiger partial charge is 0.490 e. The van der Waals surface area contributed by atoms with Gasteiger partial charge in [-0.25, -0.2) is 4.39 Å². The second-order valence-corrected chi connectivity index (χ2v) is 7.48. The molecule has 0 atom stereocenters. The Morgan fingerprint density at radius 2 is 1.71 bits per heavy atom. The van der Waals surface area contributed by atoms with Crippen molar-refractivity contribution in [3.8, 4) is 5.75 Å². The van der Waals surface area contributed by atoms with Gasteiger partial charge in [-0.05, 0) is 74.2 Å². The molecule has 1 aliphatic rings. The number of nitrogens with one attached hydrogen (secondary N) is 2. The normalized spacial score (nSPS) is 13.7. The number of nitrogens with zero attached hydrogens (tertiary/aromatic N) is 2. The predicted octanol–water partition coefficient (Wildman–Crippen LogP) is 4.23. The standard InChI is InChI=1S/C23H23FN4O3/c24-17-7-5-16(6-8-17)23(30)27-19-13-25-28(14-19)15-22(29)26-18-9-11-21(12-10-18)31-20-3-1-2-4-20/h5-14,20H,1-4,15H2,(H,26,29)(H,27,30). The first-order valence-electron chi connectivity index (χ1n) is 10.2. The topological polar surface area (TPSA) is 85.2 Å². The van der Waals surface area contributed by atoms with Crippen LogP contribution in [-0.4, -0.2) is 27.7 Å². The number of ether oxygens (including phenoxy) is 1. The highest BCUT2D eigenvalue weighted by Crippen LogP contribution is 2.25. The first kappa shape index (κ1) is 20.6. The summed E-state index contributed by atoms with van der Waals surface area (Å²) in [5.74, 6) is -0.238. The second-order valence-electron chi connectivity index (χ2n) is 7.48. The van der Waals surface area contributed by atoms with Gasteiger partial charge in [-0.1, -0.05) is 0 Å². The highest BCUT2D eigenvalue weighted by molar-refractivity contribution is 6.04. The molecular formula is C23H23FN4O3. The summed E-state index contributed by atoms with van der Waals surface area (Å²) in [5.41, 5.74) is 1.43. The summed E-state index contributed by atoms with van der Waals surface area (Å²) in [6, 6.07) is 12.5. The van der Waals surface area contributed by atoms with E-state index in [0.717, 1.165) is 18.6 Å². The maximum Gasteiger partial charge on any atom is 0.255 e. The average Bonchev–Trinajstić information content (AvgIpc) is 3.42. The molecule has 3 aromatic rings. The lowest BCUT2D eigenvalue weighted by Crippen LogP contribution is -2.19. The minimum absolute atomic E-state index is 0.00720. The Hall–Kier alpha value is -3.68. The molecule has 0 spiro atoms. The van der Waals surface area contributed by atoms with E-state index < -0.39 is 5.82 Å². The molecule has 1 aliphatic carbocycles. The SMILES string of the molecule is O=C(Cn1cc(NC(=O)c2ccc(F)cc2)cn1)Nc1ccc(OC2CCCC2)cc1. The molecule has 0 unspecified atom stereocenters. The monoisotopic (exact) mass is 422 g/mol. The maximum atomic E-state index is 13.0. The van der Waals surface area contributed by atoms with E-state index in [1.807, 2.05) is 12.1 Å². The summed E-state index contributed by atoms with van der Waals surface area (Å²) < 4.78 is 20.3. The Bertz CT molecular complexity index is 1040. The van der Waals surface area contributed by atoms with Crippen molar-refractivity contribution in [1.82, 2.24) is 9.78 Å². The van der Waals surface area contributed by atoms with Crippen molar-refractivity contribution in [2.75, 3.05) is 10.6 Å². The zero-order valence-corrected chi connectivity index (χ0v) is 16.9. The predicted molar refractivity (Wildman–Crippen MR) is 115 cm³/mol. The fourth-order valence-corrected chi connectivity index (χ4v) is 3.48. The van der Waals surface area contributed by atoms with Crippen molar-refractivity contribution < 1.29 is 18.7 Å². The van der Waals surface area contributed by atoms with E-state index in [0.29, 0.717) is 16.9 Å². The Morgan fingerprint density at radius 3 is 2.42 bits per heavy atom. The van der Waals surface area contributed by atoms with E-state index in [2.05, 4.69) is 15.7 Å². The van der Waals surface area contributed by atoms with Crippen LogP contribution in [-0.2, 0) is 11.3 Å². The quantitative estimate of drug-likeness (QED) is 0.597. The summed E-state index contributed by atoms with van der Waals surface area (Å²) >= 11 is 0. The Kier molecular flexibility index (Phi) is 6.26. The number of amides is 2. The molecule has 8 heteroatoms. The summed E-state index contributed by atoms with van der Waals surface area (Å²) in [6.07, 6.45) is 7.90. The van der Waals surface area contributed by atoms with E-state index in [4.69, 9.17) is 4.74 Å². The van der Waals surface area contributed by atoms with Crippen LogP contribution in [0.2, 0.25) is 0 Å². The van der Waals surface area contributed by atoms with Gasteiger partial charge in [0.2, 0.25) is 5.91 Å². The fraction of sp³-hybridized carbons (Fsp3) is 0.261. The van der Waals surface area contributed by atoms with Crippen LogP contribution in [0.3, 0.4) is 0 Å². The van der Waals surface area contributed by atoms with Gasteiger partial charge < -0.3 is 15.4 Å². The highest BCUT2D eigenvalue weighted by atomic mass is 19.1. The molecule has 0 aliphatic heterocycles. The lowest BCUT2D eigenvalue weighted by Gasteiger charge is -2.13. The van der Waals surface area contributed by atoms with Crippen LogP contribution in [0.15, 0.2) is 60.9 Å². The molecule has 31 heavy (non-hydrogen) atoms. The lowest BCUT2D eigenvalue weighted by molar-refractivity contribution is -0.116. The van der Waals surface area contributed by atoms with Crippen LogP contribution in [0.25, 0.3) is 0 Å². The minimum Gasteiger partial charge on any atom is -0.490 e. The zero-order valence-electron chi connectivity index (χ0n) is 16.9. The van der Waals surface area contributed by atoms with E-state index in [-0.39, 0.29) is 24.5 Å². The molecule has 2 amide bonds. The molecule has 2 N–H and O–H groups in total. The molecule has 1 heterocycles. The zero-order chi connectivity index (χ0) is 21.6. The van der Waals surface area contributed by atoms with Crippen molar-refractivity contribution in [3.05, 3.63) is 72.3 Å². The molecule has 0 bridgehead atoms. The number of benzene rings is 2. The molecule has 1 aromatic heterocycles. The van der Waals surface area contributed by atoms with Crippen molar-refractivity contribution >= 4 is 23.2 Å². The van der Waals surface area contributed by atoms with Crippen LogP contribution < -0.4 is 15.4 Å². The number of carbonyl (C=O) groups excluding carboxylic acids is 2. The number of halogens is 1. The van der Waals surface area contributed by atoms with Crippen LogP contribution in [0.5, 0.6) is 5.75 Å². The van der Waals surface area contributed by atoms with Crippen molar-refractivity contribution in [1.29, 1.82) is 0 Å². The van der Waals surface area contributed by atoms with Gasteiger partial charge in [-0.3, -0.25) is 14.3 Å². The molecule has 160 valence electrons. The van der Waals surface area contributed by atoms with Crippen LogP contribution in [0.4, 0.5) is 15.8 Å². The first-order chi connectivity index (χ1) is 15.0. The minimum atomic E-state index is -0.411. The van der Waals surface area contributed by atoms with Crippen LogP contribution >= 0.6 is 0 Å². The molecule has 0 saturated heterocycles. The van der Waals surface area contributed by atoms with E-state index in [9.17, 15) is 14.0 Å². The number of anilines is 2. The Balaban J connectivity index is 1.27. The van der Waals surface area contributed by atoms with E-state index in [1.165, 1.54) is 48.0 Å². The second kappa shape index (κ2) is 9.42. The number of hydrogen-bond acceptors (Lipinski definition) is 4. The summed E-state index contributed by atoms with van der Waals surface area (Å²) in [7, 11) is 0. The Morgan fingerprint density at radius 1 is 1.00 bits per heavy atom. The van der Waals surface area contributed by atoms with Crippen molar-refractivity contribution in [3.63, 3.8) is 0 Å². The van der Waals surface area contributed by atoms with Crippen LogP contribution in [0, 0.1) is 5.82 Å². The number of aromatic nitrogens is 2. The van der Waals surface area contributed by atoms with Crippen molar-refractivity contribution in [2.24, 2.45) is 0 Å². The van der Waals surface area contributed by atoms with Crippen molar-refractivity contribution in [2.45, 2.75) is 38.3 Å². The molecular weight excluding hydrogens is 399 g/mol. The third-order valence-corrected chi connectivity index (χ3v) is 5.05. The van der Waals surface area contributed by atoms with E-state index in [1.54, 1.807) is 18.3 Å². The maximum absolute atomic E-state index is 13.0. The summed E-state index contributed by atoms with van der Waals surface area (Å²) in [6.45, 7) is -0.00720. The van der Waals surface area contributed by atoms with E-state index >= 15 is 0 Å². The third kappa shape index (κ3) is 5.69. The number of rotatable bonds is 7. The van der Waals surface area contributed by atoms with Crippen LogP contribution in [0.1, 0.15) is 36.0 Å². The van der Waals surface area contributed by atoms with Gasteiger partial charge in [0.05, 0.1) is 18.0 Å². The lowest BCUT2D eigenvalue weighted by atomic mass is 10.2. The summed E-state index contributed by atoms with van der Waals surface area (Å²) in [4.78, 5) is 24.5. The molecule has 0 radical (unpaired) electrons. The molecule has 1 fully saturated rings. The van der Waals surface area contributed by atoms with Gasteiger partial charge in [0.15, 0.2) is 0 Å². The van der Waals surface area contributed by atoms with Gasteiger partial charge in [0.25, 0.3) is 5.91 Å². The smallest absolute Gasteiger partial charge is 0.255 e. The average molecular weight is 422 g/mol. The number of carbonyl (C=O) groups is 2. The molecule has 1 saturated carbocycles. The molecule has 4 rings (SSSR count). The number of hydrogen-bond donors (Lipinski definition) is 2. The summed E-state index contributed by atoms with van der Waals surface area (Å²) in [5, 5.41) is 9.57. The van der Waals surface area contributed by atoms with Gasteiger partial charge in [0, 0.05) is 17.4 Å². The third-order valence-electron chi connectivity index (χ3n) is 5.05. The van der Waals surface area contributed by atoms with Gasteiger partial charge in [-0.15, -0.1) is 0 Å². The van der Waals surface area contributed by atoms with Gasteiger partial charge in [0.1, 0.15) is 18.1 Å². The van der Waals surface area contributed by atoms with Gasteiger partial charge in [-0.2, -0.15) is 5.10 Å². The Labute approximate surface area is 179 Å². The molecule has 2 aromatic carbocycles. The fourth-order valence-electron chi connectivity index (χ4n) is 3.48.